The highest BCUT2D eigenvalue weighted by atomic mass is 35.5. The van der Waals surface area contributed by atoms with Gasteiger partial charge in [0.1, 0.15) is 0 Å². The lowest BCUT2D eigenvalue weighted by Gasteiger charge is -2.07. The molecule has 0 saturated carbocycles. The summed E-state index contributed by atoms with van der Waals surface area (Å²) in [6, 6.07) is 4.71. The number of nitrogens with one attached hydrogen (secondary N) is 1. The molecule has 0 spiro atoms. The summed E-state index contributed by atoms with van der Waals surface area (Å²) in [6.07, 6.45) is 0. The lowest BCUT2D eigenvalue weighted by Crippen LogP contribution is -2.27. The molecule has 0 bridgehead atoms. The molecule has 18 heavy (non-hydrogen) atoms. The van der Waals surface area contributed by atoms with E-state index in [0.717, 1.165) is 5.57 Å². The van der Waals surface area contributed by atoms with Gasteiger partial charge in [-0.05, 0) is 25.1 Å². The molecular formula is C13H15Cl2NO2. The summed E-state index contributed by atoms with van der Waals surface area (Å²) < 4.78 is 5.26. The van der Waals surface area contributed by atoms with Crippen LogP contribution in [0.2, 0.25) is 10.0 Å². The van der Waals surface area contributed by atoms with E-state index < -0.39 is 0 Å². The van der Waals surface area contributed by atoms with E-state index in [1.165, 1.54) is 0 Å². The van der Waals surface area contributed by atoms with Gasteiger partial charge in [-0.15, -0.1) is 0 Å². The predicted octanol–water partition coefficient (Wildman–Crippen LogP) is 3.32. The van der Waals surface area contributed by atoms with E-state index in [1.54, 1.807) is 18.2 Å². The molecule has 0 aliphatic heterocycles. The fraction of sp³-hybridized carbons (Fsp3) is 0.308. The molecule has 0 aliphatic rings. The van der Waals surface area contributed by atoms with Crippen LogP contribution in [0.1, 0.15) is 17.3 Å². The molecule has 1 amide bonds. The normalized spacial score (nSPS) is 10.2. The molecule has 98 valence electrons. The molecule has 0 aliphatic carbocycles. The Bertz CT molecular complexity index is 426. The van der Waals surface area contributed by atoms with Crippen molar-refractivity contribution in [2.75, 3.05) is 19.8 Å². The second kappa shape index (κ2) is 7.41. The number of carbonyl (C=O) groups excluding carboxylic acids is 1. The van der Waals surface area contributed by atoms with Crippen LogP contribution < -0.4 is 5.32 Å². The van der Waals surface area contributed by atoms with Crippen molar-refractivity contribution in [2.45, 2.75) is 6.92 Å². The zero-order valence-electron chi connectivity index (χ0n) is 10.1. The Morgan fingerprint density at radius 2 is 1.94 bits per heavy atom. The van der Waals surface area contributed by atoms with E-state index in [4.69, 9.17) is 27.9 Å². The quantitative estimate of drug-likeness (QED) is 0.644. The van der Waals surface area contributed by atoms with Gasteiger partial charge in [-0.25, -0.2) is 0 Å². The Kier molecular flexibility index (Phi) is 6.19. The number of carbonyl (C=O) groups is 1. The van der Waals surface area contributed by atoms with Gasteiger partial charge in [-0.2, -0.15) is 0 Å². The first-order chi connectivity index (χ1) is 8.49. The van der Waals surface area contributed by atoms with Crippen LogP contribution in [0.4, 0.5) is 0 Å². The fourth-order valence-electron chi connectivity index (χ4n) is 1.27. The molecular weight excluding hydrogens is 273 g/mol. The Morgan fingerprint density at radius 1 is 1.33 bits per heavy atom. The van der Waals surface area contributed by atoms with Crippen molar-refractivity contribution >= 4 is 29.1 Å². The van der Waals surface area contributed by atoms with E-state index in [2.05, 4.69) is 11.9 Å². The standard InChI is InChI=1S/C13H15Cl2NO2/c1-9(2)8-18-4-3-16-13(17)10-5-11(14)7-12(15)6-10/h5-7H,1,3-4,8H2,2H3,(H,16,17). The van der Waals surface area contributed by atoms with Crippen molar-refractivity contribution in [3.63, 3.8) is 0 Å². The number of benzene rings is 1. The number of amides is 1. The van der Waals surface area contributed by atoms with Gasteiger partial charge in [-0.1, -0.05) is 35.4 Å². The maximum atomic E-state index is 11.7. The van der Waals surface area contributed by atoms with Gasteiger partial charge in [-0.3, -0.25) is 4.79 Å². The van der Waals surface area contributed by atoms with Gasteiger partial charge in [0.05, 0.1) is 13.2 Å². The molecule has 0 unspecified atom stereocenters. The molecule has 0 saturated heterocycles. The molecule has 0 aromatic heterocycles. The van der Waals surface area contributed by atoms with Crippen LogP contribution in [-0.4, -0.2) is 25.7 Å². The third-order valence-corrected chi connectivity index (χ3v) is 2.44. The number of hydrogen-bond acceptors (Lipinski definition) is 2. The molecule has 1 aromatic rings. The number of ether oxygens (including phenoxy) is 1. The van der Waals surface area contributed by atoms with Gasteiger partial charge in [0.15, 0.2) is 0 Å². The van der Waals surface area contributed by atoms with Crippen molar-refractivity contribution in [1.29, 1.82) is 0 Å². The molecule has 0 fully saturated rings. The van der Waals surface area contributed by atoms with Gasteiger partial charge >= 0.3 is 0 Å². The van der Waals surface area contributed by atoms with Crippen molar-refractivity contribution < 1.29 is 9.53 Å². The number of rotatable bonds is 6. The Hall–Kier alpha value is -1.03. The summed E-state index contributed by atoms with van der Waals surface area (Å²) in [6.45, 7) is 6.96. The minimum absolute atomic E-state index is 0.224. The van der Waals surface area contributed by atoms with Crippen LogP contribution in [0.15, 0.2) is 30.4 Å². The topological polar surface area (TPSA) is 38.3 Å². The van der Waals surface area contributed by atoms with Gasteiger partial charge < -0.3 is 10.1 Å². The predicted molar refractivity (Wildman–Crippen MR) is 74.4 cm³/mol. The lowest BCUT2D eigenvalue weighted by molar-refractivity contribution is 0.0927. The van der Waals surface area contributed by atoms with E-state index in [0.29, 0.717) is 35.4 Å². The first kappa shape index (κ1) is 15.0. The van der Waals surface area contributed by atoms with Crippen molar-refractivity contribution in [1.82, 2.24) is 5.32 Å². The minimum Gasteiger partial charge on any atom is -0.375 e. The van der Waals surface area contributed by atoms with Crippen LogP contribution in [0.5, 0.6) is 0 Å². The van der Waals surface area contributed by atoms with Crippen molar-refractivity contribution in [3.8, 4) is 0 Å². The smallest absolute Gasteiger partial charge is 0.251 e. The summed E-state index contributed by atoms with van der Waals surface area (Å²) in [5, 5.41) is 3.59. The third kappa shape index (κ3) is 5.54. The molecule has 0 heterocycles. The molecule has 0 atom stereocenters. The molecule has 0 radical (unpaired) electrons. The zero-order chi connectivity index (χ0) is 13.5. The lowest BCUT2D eigenvalue weighted by atomic mass is 10.2. The number of halogens is 2. The molecule has 3 nitrogen and oxygen atoms in total. The molecule has 5 heteroatoms. The van der Waals surface area contributed by atoms with Crippen molar-refractivity contribution in [2.24, 2.45) is 0 Å². The highest BCUT2D eigenvalue weighted by Gasteiger charge is 2.06. The summed E-state index contributed by atoms with van der Waals surface area (Å²) in [5.41, 5.74) is 1.38. The van der Waals surface area contributed by atoms with E-state index in [9.17, 15) is 4.79 Å². The fourth-order valence-corrected chi connectivity index (χ4v) is 1.80. The first-order valence-electron chi connectivity index (χ1n) is 5.45. The van der Waals surface area contributed by atoms with Crippen LogP contribution in [-0.2, 0) is 4.74 Å². The molecule has 1 N–H and O–H groups in total. The second-order valence-corrected chi connectivity index (χ2v) is 4.80. The average Bonchev–Trinajstić information content (AvgIpc) is 2.26. The van der Waals surface area contributed by atoms with E-state index >= 15 is 0 Å². The third-order valence-electron chi connectivity index (χ3n) is 2.01. The van der Waals surface area contributed by atoms with Gasteiger partial charge in [0, 0.05) is 22.2 Å². The highest BCUT2D eigenvalue weighted by molar-refractivity contribution is 6.35. The first-order valence-corrected chi connectivity index (χ1v) is 6.21. The molecule has 1 rings (SSSR count). The van der Waals surface area contributed by atoms with Gasteiger partial charge in [0.25, 0.3) is 5.91 Å². The largest absolute Gasteiger partial charge is 0.375 e. The van der Waals surface area contributed by atoms with Crippen molar-refractivity contribution in [3.05, 3.63) is 46.0 Å². The minimum atomic E-state index is -0.224. The van der Waals surface area contributed by atoms with Gasteiger partial charge in [0.2, 0.25) is 0 Å². The monoisotopic (exact) mass is 287 g/mol. The Morgan fingerprint density at radius 3 is 2.50 bits per heavy atom. The molecule has 1 aromatic carbocycles. The van der Waals surface area contributed by atoms with Crippen LogP contribution >= 0.6 is 23.2 Å². The Balaban J connectivity index is 2.38. The van der Waals surface area contributed by atoms with Crippen LogP contribution in [0.25, 0.3) is 0 Å². The van der Waals surface area contributed by atoms with Crippen LogP contribution in [0.3, 0.4) is 0 Å². The maximum Gasteiger partial charge on any atom is 0.251 e. The summed E-state index contributed by atoms with van der Waals surface area (Å²) >= 11 is 11.6. The zero-order valence-corrected chi connectivity index (χ0v) is 11.6. The van der Waals surface area contributed by atoms with Crippen LogP contribution in [0, 0.1) is 0 Å². The highest BCUT2D eigenvalue weighted by Crippen LogP contribution is 2.18. The average molecular weight is 288 g/mol. The van der Waals surface area contributed by atoms with E-state index in [1.807, 2.05) is 6.92 Å². The second-order valence-electron chi connectivity index (χ2n) is 3.92. The summed E-state index contributed by atoms with van der Waals surface area (Å²) in [5.74, 6) is -0.224. The number of hydrogen-bond donors (Lipinski definition) is 1. The SMILES string of the molecule is C=C(C)COCCNC(=O)c1cc(Cl)cc(Cl)c1. The Labute approximate surface area is 117 Å². The summed E-state index contributed by atoms with van der Waals surface area (Å²) in [7, 11) is 0. The summed E-state index contributed by atoms with van der Waals surface area (Å²) in [4.78, 5) is 11.7. The maximum absolute atomic E-state index is 11.7. The van der Waals surface area contributed by atoms with E-state index in [-0.39, 0.29) is 5.91 Å².